The van der Waals surface area contributed by atoms with Gasteiger partial charge in [0.1, 0.15) is 0 Å². The number of ether oxygens (including phenoxy) is 1. The van der Waals surface area contributed by atoms with Crippen molar-refractivity contribution in [2.75, 3.05) is 6.61 Å². The molecule has 0 aliphatic rings. The summed E-state index contributed by atoms with van der Waals surface area (Å²) in [5.41, 5.74) is 0.740. The van der Waals surface area contributed by atoms with Crippen LogP contribution in [0.3, 0.4) is 0 Å². The first-order chi connectivity index (χ1) is 10.1. The van der Waals surface area contributed by atoms with Gasteiger partial charge in [0, 0.05) is 6.07 Å². The number of halogens is 3. The molecule has 5 nitrogen and oxygen atoms in total. The molecule has 0 saturated heterocycles. The second-order valence-electron chi connectivity index (χ2n) is 4.10. The zero-order valence-electron chi connectivity index (χ0n) is 10.8. The van der Waals surface area contributed by atoms with Gasteiger partial charge < -0.3 is 4.74 Å². The first-order valence-corrected chi connectivity index (χ1v) is 6.86. The first-order valence-electron chi connectivity index (χ1n) is 6.10. The zero-order valence-corrected chi connectivity index (χ0v) is 12.4. The summed E-state index contributed by atoms with van der Waals surface area (Å²) in [5.74, 6) is -0.422. The van der Waals surface area contributed by atoms with E-state index in [1.54, 1.807) is 25.1 Å². The van der Waals surface area contributed by atoms with Crippen LogP contribution in [0, 0.1) is 5.95 Å². The Morgan fingerprint density at radius 2 is 1.95 bits per heavy atom. The van der Waals surface area contributed by atoms with Gasteiger partial charge in [0.05, 0.1) is 22.2 Å². The van der Waals surface area contributed by atoms with Gasteiger partial charge in [0.25, 0.3) is 0 Å². The quantitative estimate of drug-likeness (QED) is 0.689. The Hall–Kier alpha value is -1.92. The van der Waals surface area contributed by atoms with Crippen LogP contribution in [0.5, 0.6) is 6.01 Å². The predicted octanol–water partition coefficient (Wildman–Crippen LogP) is 3.64. The number of hydrogen-bond donors (Lipinski definition) is 0. The van der Waals surface area contributed by atoms with Gasteiger partial charge in [-0.15, -0.1) is 5.10 Å². The van der Waals surface area contributed by atoms with Crippen LogP contribution in [0.15, 0.2) is 24.3 Å². The third kappa shape index (κ3) is 2.52. The van der Waals surface area contributed by atoms with Gasteiger partial charge in [0.15, 0.2) is 11.5 Å². The Kier molecular flexibility index (Phi) is 3.65. The molecule has 21 heavy (non-hydrogen) atoms. The monoisotopic (exact) mass is 326 g/mol. The van der Waals surface area contributed by atoms with Gasteiger partial charge in [-0.3, -0.25) is 0 Å². The summed E-state index contributed by atoms with van der Waals surface area (Å²) < 4.78 is 20.0. The van der Waals surface area contributed by atoms with E-state index < -0.39 is 5.95 Å². The summed E-state index contributed by atoms with van der Waals surface area (Å²) in [6.07, 6.45) is 0. The van der Waals surface area contributed by atoms with Crippen molar-refractivity contribution in [3.05, 3.63) is 40.3 Å². The molecule has 0 N–H and O–H groups in total. The zero-order chi connectivity index (χ0) is 15.0. The molecule has 108 valence electrons. The van der Waals surface area contributed by atoms with Crippen molar-refractivity contribution in [1.82, 2.24) is 19.6 Å². The lowest BCUT2D eigenvalue weighted by Gasteiger charge is -2.03. The van der Waals surface area contributed by atoms with E-state index in [2.05, 4.69) is 15.1 Å². The molecule has 0 radical (unpaired) electrons. The SMILES string of the molecule is CCOc1nc(F)cc2nc(-c3c(Cl)cccc3Cl)nn12. The molecule has 3 aromatic rings. The minimum Gasteiger partial charge on any atom is -0.464 e. The second kappa shape index (κ2) is 5.46. The molecule has 3 rings (SSSR count). The molecule has 0 saturated carbocycles. The van der Waals surface area contributed by atoms with E-state index in [-0.39, 0.29) is 17.5 Å². The van der Waals surface area contributed by atoms with E-state index in [4.69, 9.17) is 27.9 Å². The lowest BCUT2D eigenvalue weighted by molar-refractivity contribution is 0.297. The van der Waals surface area contributed by atoms with E-state index in [9.17, 15) is 4.39 Å². The number of hydrogen-bond acceptors (Lipinski definition) is 4. The van der Waals surface area contributed by atoms with Crippen LogP contribution in [0.1, 0.15) is 6.92 Å². The summed E-state index contributed by atoms with van der Waals surface area (Å²) in [7, 11) is 0. The third-order valence-electron chi connectivity index (χ3n) is 2.72. The summed E-state index contributed by atoms with van der Waals surface area (Å²) in [5, 5.41) is 5.06. The van der Waals surface area contributed by atoms with Crippen LogP contribution in [0.2, 0.25) is 10.0 Å². The molecule has 0 bridgehead atoms. The fourth-order valence-electron chi connectivity index (χ4n) is 1.88. The standard InChI is InChI=1S/C13H9Cl2FN4O/c1-2-21-13-17-9(16)6-10-18-12(19-20(10)13)11-7(14)4-3-5-8(11)15/h3-6H,2H2,1H3. The normalized spacial score (nSPS) is 11.0. The maximum absolute atomic E-state index is 13.5. The molecule has 0 aliphatic heterocycles. The Labute approximate surface area is 129 Å². The van der Waals surface area contributed by atoms with Gasteiger partial charge >= 0.3 is 6.01 Å². The molecular weight excluding hydrogens is 318 g/mol. The summed E-state index contributed by atoms with van der Waals surface area (Å²) in [6, 6.07) is 6.25. The van der Waals surface area contributed by atoms with Crippen molar-refractivity contribution in [2.45, 2.75) is 6.92 Å². The number of rotatable bonds is 3. The first kappa shape index (κ1) is 14.0. The van der Waals surface area contributed by atoms with Gasteiger partial charge in [0.2, 0.25) is 5.95 Å². The van der Waals surface area contributed by atoms with Crippen LogP contribution in [0.4, 0.5) is 4.39 Å². The molecule has 8 heteroatoms. The lowest BCUT2D eigenvalue weighted by atomic mass is 10.2. The van der Waals surface area contributed by atoms with Crippen LogP contribution < -0.4 is 4.74 Å². The van der Waals surface area contributed by atoms with E-state index in [0.29, 0.717) is 22.2 Å². The average Bonchev–Trinajstić information content (AvgIpc) is 2.82. The number of nitrogens with zero attached hydrogens (tertiary/aromatic N) is 4. The Balaban J connectivity index is 2.24. The topological polar surface area (TPSA) is 52.3 Å². The molecule has 2 heterocycles. The molecule has 2 aromatic heterocycles. The van der Waals surface area contributed by atoms with Crippen molar-refractivity contribution >= 4 is 28.8 Å². The van der Waals surface area contributed by atoms with Gasteiger partial charge in [-0.2, -0.15) is 13.9 Å². The molecule has 0 unspecified atom stereocenters. The average molecular weight is 327 g/mol. The molecule has 0 fully saturated rings. The van der Waals surface area contributed by atoms with E-state index in [1.165, 1.54) is 4.52 Å². The number of benzene rings is 1. The van der Waals surface area contributed by atoms with Crippen molar-refractivity contribution in [2.24, 2.45) is 0 Å². The Bertz CT molecular complexity index is 801. The fourth-order valence-corrected chi connectivity index (χ4v) is 2.44. The summed E-state index contributed by atoms with van der Waals surface area (Å²) >= 11 is 12.3. The van der Waals surface area contributed by atoms with E-state index in [1.807, 2.05) is 0 Å². The highest BCUT2D eigenvalue weighted by atomic mass is 35.5. The van der Waals surface area contributed by atoms with Crippen molar-refractivity contribution in [3.8, 4) is 17.4 Å². The maximum Gasteiger partial charge on any atom is 0.322 e. The van der Waals surface area contributed by atoms with Crippen molar-refractivity contribution < 1.29 is 9.13 Å². The van der Waals surface area contributed by atoms with Crippen LogP contribution in [0.25, 0.3) is 17.0 Å². The maximum atomic E-state index is 13.5. The smallest absolute Gasteiger partial charge is 0.322 e. The molecule has 0 aliphatic carbocycles. The van der Waals surface area contributed by atoms with Gasteiger partial charge in [-0.05, 0) is 19.1 Å². The molecule has 0 spiro atoms. The van der Waals surface area contributed by atoms with E-state index >= 15 is 0 Å². The van der Waals surface area contributed by atoms with Crippen molar-refractivity contribution in [1.29, 1.82) is 0 Å². The van der Waals surface area contributed by atoms with Gasteiger partial charge in [-0.1, -0.05) is 29.3 Å². The Morgan fingerprint density at radius 3 is 2.62 bits per heavy atom. The summed E-state index contributed by atoms with van der Waals surface area (Å²) in [6.45, 7) is 2.09. The highest BCUT2D eigenvalue weighted by Crippen LogP contribution is 2.33. The number of fused-ring (bicyclic) bond motifs is 1. The highest BCUT2D eigenvalue weighted by molar-refractivity contribution is 6.38. The van der Waals surface area contributed by atoms with E-state index in [0.717, 1.165) is 6.07 Å². The van der Waals surface area contributed by atoms with Crippen LogP contribution >= 0.6 is 23.2 Å². The molecule has 1 aromatic carbocycles. The van der Waals surface area contributed by atoms with Crippen LogP contribution in [-0.4, -0.2) is 26.2 Å². The third-order valence-corrected chi connectivity index (χ3v) is 3.35. The highest BCUT2D eigenvalue weighted by Gasteiger charge is 2.17. The fraction of sp³-hybridized carbons (Fsp3) is 0.154. The molecule has 0 atom stereocenters. The summed E-state index contributed by atoms with van der Waals surface area (Å²) in [4.78, 5) is 7.88. The van der Waals surface area contributed by atoms with Crippen LogP contribution in [-0.2, 0) is 0 Å². The minimum absolute atomic E-state index is 0.0226. The Morgan fingerprint density at radius 1 is 1.24 bits per heavy atom. The minimum atomic E-state index is -0.699. The lowest BCUT2D eigenvalue weighted by Crippen LogP contribution is -2.04. The molecule has 0 amide bonds. The second-order valence-corrected chi connectivity index (χ2v) is 4.91. The molecular formula is C13H9Cl2FN4O. The largest absolute Gasteiger partial charge is 0.464 e. The van der Waals surface area contributed by atoms with Crippen molar-refractivity contribution in [3.63, 3.8) is 0 Å². The number of aromatic nitrogens is 4. The predicted molar refractivity (Wildman–Crippen MR) is 77.4 cm³/mol. The van der Waals surface area contributed by atoms with Gasteiger partial charge in [-0.25, -0.2) is 4.98 Å².